The molecule has 0 saturated heterocycles. The highest BCUT2D eigenvalue weighted by atomic mass is 35.5. The van der Waals surface area contributed by atoms with E-state index in [-0.39, 0.29) is 38.8 Å². The number of carbonyl (C=O) groups is 2. The van der Waals surface area contributed by atoms with Crippen molar-refractivity contribution in [3.8, 4) is 0 Å². The number of hydrogen-bond donors (Lipinski definition) is 2. The van der Waals surface area contributed by atoms with Gasteiger partial charge >= 0.3 is 12.1 Å². The van der Waals surface area contributed by atoms with Crippen LogP contribution in [0.15, 0.2) is 60.9 Å². The number of carboxylic acids is 1. The predicted molar refractivity (Wildman–Crippen MR) is 144 cm³/mol. The van der Waals surface area contributed by atoms with Crippen LogP contribution in [0.1, 0.15) is 58.9 Å². The number of aliphatic carboxylic acids is 1. The lowest BCUT2D eigenvalue weighted by molar-refractivity contribution is -0.147. The Balaban J connectivity index is 1.43. The third-order valence-electron chi connectivity index (χ3n) is 7.55. The van der Waals surface area contributed by atoms with Gasteiger partial charge in [0, 0.05) is 29.8 Å². The quantitative estimate of drug-likeness (QED) is 0.245. The van der Waals surface area contributed by atoms with Crippen LogP contribution in [0.3, 0.4) is 0 Å². The van der Waals surface area contributed by atoms with E-state index in [9.17, 15) is 27.9 Å². The summed E-state index contributed by atoms with van der Waals surface area (Å²) in [6, 6.07) is 14.0. The van der Waals surface area contributed by atoms with Gasteiger partial charge in [-0.2, -0.15) is 18.3 Å². The van der Waals surface area contributed by atoms with E-state index in [0.717, 1.165) is 32.9 Å². The first kappa shape index (κ1) is 27.8. The van der Waals surface area contributed by atoms with Crippen LogP contribution < -0.4 is 0 Å². The Hall–Kier alpha value is -3.79. The zero-order valence-corrected chi connectivity index (χ0v) is 22.3. The molecule has 2 N–H and O–H groups in total. The zero-order valence-electron chi connectivity index (χ0n) is 21.5. The summed E-state index contributed by atoms with van der Waals surface area (Å²) in [6.07, 6.45) is -0.568. The lowest BCUT2D eigenvalue weighted by Gasteiger charge is -2.28. The van der Waals surface area contributed by atoms with Crippen molar-refractivity contribution in [3.05, 3.63) is 88.3 Å². The van der Waals surface area contributed by atoms with Gasteiger partial charge in [-0.25, -0.2) is 0 Å². The van der Waals surface area contributed by atoms with Crippen molar-refractivity contribution in [2.24, 2.45) is 5.92 Å². The molecule has 7 nitrogen and oxygen atoms in total. The Morgan fingerprint density at radius 2 is 1.75 bits per heavy atom. The normalized spacial score (nSPS) is 17.7. The van der Waals surface area contributed by atoms with Crippen molar-refractivity contribution in [2.45, 2.75) is 50.9 Å². The predicted octanol–water partition coefficient (Wildman–Crippen LogP) is 6.74. The molecule has 0 atom stereocenters. The van der Waals surface area contributed by atoms with Crippen LogP contribution in [0.4, 0.5) is 13.2 Å². The summed E-state index contributed by atoms with van der Waals surface area (Å²) < 4.78 is 44.1. The molecule has 40 heavy (non-hydrogen) atoms. The molecule has 2 aromatic heterocycles. The van der Waals surface area contributed by atoms with Crippen molar-refractivity contribution in [1.29, 1.82) is 0 Å². The van der Waals surface area contributed by atoms with Crippen molar-refractivity contribution < 1.29 is 27.9 Å². The fourth-order valence-electron chi connectivity index (χ4n) is 5.39. The monoisotopic (exact) mass is 572 g/mol. The number of rotatable bonds is 8. The number of nitrogens with one attached hydrogen (secondary N) is 1. The van der Waals surface area contributed by atoms with Gasteiger partial charge in [-0.05, 0) is 72.9 Å². The van der Waals surface area contributed by atoms with Gasteiger partial charge in [-0.15, -0.1) is 0 Å². The second-order valence-corrected chi connectivity index (χ2v) is 10.6. The van der Waals surface area contributed by atoms with Crippen LogP contribution in [-0.2, 0) is 23.9 Å². The van der Waals surface area contributed by atoms with Crippen molar-refractivity contribution in [3.63, 3.8) is 0 Å². The van der Waals surface area contributed by atoms with Crippen molar-refractivity contribution in [2.75, 3.05) is 6.54 Å². The average Bonchev–Trinajstić information content (AvgIpc) is 3.59. The van der Waals surface area contributed by atoms with E-state index in [1.165, 1.54) is 4.90 Å². The first-order chi connectivity index (χ1) is 19.1. The summed E-state index contributed by atoms with van der Waals surface area (Å²) in [5, 5.41) is 14.8. The maximum Gasteiger partial charge on any atom is 0.433 e. The summed E-state index contributed by atoms with van der Waals surface area (Å²) in [5.41, 5.74) is 0.995. The smallest absolute Gasteiger partial charge is 0.433 e. The third kappa shape index (κ3) is 6.01. The molecule has 1 amide bonds. The molecule has 0 unspecified atom stereocenters. The number of carbonyl (C=O) groups excluding carboxylic acids is 1. The summed E-state index contributed by atoms with van der Waals surface area (Å²) in [7, 11) is 0. The average molecular weight is 573 g/mol. The second-order valence-electron chi connectivity index (χ2n) is 10.2. The minimum absolute atomic E-state index is 0.0902. The topological polar surface area (TPSA) is 91.2 Å². The molecule has 0 bridgehead atoms. The summed E-state index contributed by atoms with van der Waals surface area (Å²) in [6.45, 7) is 0.271. The molecule has 1 aliphatic carbocycles. The number of hydrogen-bond acceptors (Lipinski definition) is 3. The highest BCUT2D eigenvalue weighted by Gasteiger charge is 2.43. The molecule has 1 fully saturated rings. The molecule has 2 heterocycles. The molecule has 0 aliphatic heterocycles. The van der Waals surface area contributed by atoms with Crippen LogP contribution in [0.25, 0.3) is 10.9 Å². The molecule has 5 rings (SSSR count). The Morgan fingerprint density at radius 3 is 2.42 bits per heavy atom. The SMILES string of the molecule is O=C(c1cnn([C@H]2CC[C@H](C(=O)O)CC2)c1C(F)(F)F)N(CCc1ccc2cc[nH]c2c1)Cc1ccc(Cl)cc1. The Bertz CT molecular complexity index is 1500. The number of carboxylic acid groups (broad SMARTS) is 1. The number of aromatic amines is 1. The lowest BCUT2D eigenvalue weighted by atomic mass is 9.86. The number of nitrogens with zero attached hydrogens (tertiary/aromatic N) is 3. The highest BCUT2D eigenvalue weighted by Crippen LogP contribution is 2.39. The summed E-state index contributed by atoms with van der Waals surface area (Å²) in [4.78, 5) is 29.6. The Kier molecular flexibility index (Phi) is 7.89. The molecule has 1 saturated carbocycles. The first-order valence-electron chi connectivity index (χ1n) is 13.1. The Morgan fingerprint density at radius 1 is 1.05 bits per heavy atom. The van der Waals surface area contributed by atoms with Crippen LogP contribution in [0.5, 0.6) is 0 Å². The van der Waals surface area contributed by atoms with E-state index in [1.54, 1.807) is 24.3 Å². The molecular weight excluding hydrogens is 545 g/mol. The number of amides is 1. The highest BCUT2D eigenvalue weighted by molar-refractivity contribution is 6.30. The largest absolute Gasteiger partial charge is 0.481 e. The van der Waals surface area contributed by atoms with Crippen LogP contribution in [-0.4, -0.2) is 43.2 Å². The molecule has 0 radical (unpaired) electrons. The van der Waals surface area contributed by atoms with Gasteiger partial charge in [0.1, 0.15) is 0 Å². The van der Waals surface area contributed by atoms with E-state index < -0.39 is 41.3 Å². The number of fused-ring (bicyclic) bond motifs is 1. The Labute approximate surface area is 233 Å². The fraction of sp³-hybridized carbons (Fsp3) is 0.345. The number of aromatic nitrogens is 3. The van der Waals surface area contributed by atoms with E-state index in [4.69, 9.17) is 11.6 Å². The maximum atomic E-state index is 14.4. The van der Waals surface area contributed by atoms with E-state index >= 15 is 0 Å². The standard InChI is InChI=1S/C29H28ClF3N4O3/c30-22-7-2-19(3-8-22)17-36(14-12-18-1-4-20-11-13-34-25(20)15-18)27(38)24-16-35-37(26(24)29(31,32)33)23-9-5-21(6-10-23)28(39)40/h1-4,7-8,11,13,15-16,21,23,34H,5-6,9-10,12,14,17H2,(H,39,40)/t21-,23-. The minimum Gasteiger partial charge on any atom is -0.481 e. The van der Waals surface area contributed by atoms with Crippen LogP contribution >= 0.6 is 11.6 Å². The second kappa shape index (κ2) is 11.4. The van der Waals surface area contributed by atoms with Crippen LogP contribution in [0, 0.1) is 5.92 Å². The van der Waals surface area contributed by atoms with Gasteiger partial charge in [-0.1, -0.05) is 35.9 Å². The number of alkyl halides is 3. The van der Waals surface area contributed by atoms with Gasteiger partial charge in [0.05, 0.1) is 23.7 Å². The number of benzene rings is 2. The molecule has 11 heteroatoms. The first-order valence-corrected chi connectivity index (χ1v) is 13.4. The van der Waals surface area contributed by atoms with Crippen LogP contribution in [0.2, 0.25) is 5.02 Å². The minimum atomic E-state index is -4.82. The fourth-order valence-corrected chi connectivity index (χ4v) is 5.52. The van der Waals surface area contributed by atoms with Crippen molar-refractivity contribution in [1.82, 2.24) is 19.7 Å². The molecule has 0 spiro atoms. The van der Waals surface area contributed by atoms with Gasteiger partial charge in [0.25, 0.3) is 5.91 Å². The maximum absolute atomic E-state index is 14.4. The van der Waals surface area contributed by atoms with Gasteiger partial charge in [-0.3, -0.25) is 14.3 Å². The number of halogens is 4. The summed E-state index contributed by atoms with van der Waals surface area (Å²) >= 11 is 6.01. The summed E-state index contributed by atoms with van der Waals surface area (Å²) in [5.74, 6) is -2.30. The van der Waals surface area contributed by atoms with E-state index in [2.05, 4.69) is 10.1 Å². The number of H-pyrrole nitrogens is 1. The molecule has 2 aromatic carbocycles. The zero-order chi connectivity index (χ0) is 28.4. The third-order valence-corrected chi connectivity index (χ3v) is 7.80. The van der Waals surface area contributed by atoms with Gasteiger partial charge in [0.15, 0.2) is 5.69 Å². The molecule has 1 aliphatic rings. The van der Waals surface area contributed by atoms with E-state index in [0.29, 0.717) is 11.4 Å². The molecule has 210 valence electrons. The van der Waals surface area contributed by atoms with Gasteiger partial charge < -0.3 is 15.0 Å². The molecule has 4 aromatic rings. The molecular formula is C29H28ClF3N4O3. The lowest BCUT2D eigenvalue weighted by Crippen LogP contribution is -2.34. The van der Waals surface area contributed by atoms with E-state index in [1.807, 2.05) is 30.5 Å². The van der Waals surface area contributed by atoms with Gasteiger partial charge in [0.2, 0.25) is 0 Å². The van der Waals surface area contributed by atoms with Crippen molar-refractivity contribution >= 4 is 34.4 Å².